The highest BCUT2D eigenvalue weighted by atomic mass is 35.5. The molecular weight excluding hydrogens is 312 g/mol. The molecule has 0 saturated carbocycles. The fourth-order valence-electron chi connectivity index (χ4n) is 3.39. The highest BCUT2D eigenvalue weighted by Crippen LogP contribution is 2.31. The van der Waals surface area contributed by atoms with E-state index in [0.717, 1.165) is 36.8 Å². The standard InChI is InChI=1S/C17H23ClN4O/c1-12(13-5-7-15(18)8-6-13)22-9-3-4-14(10-22)17-20-19-16(11-23)21(17)2/h5-8,12,14,23H,3-4,9-11H2,1-2H3. The number of rotatable bonds is 4. The number of aliphatic hydroxyl groups excluding tert-OH is 1. The molecular formula is C17H23ClN4O. The molecule has 5 nitrogen and oxygen atoms in total. The van der Waals surface area contributed by atoms with Crippen molar-refractivity contribution in [1.29, 1.82) is 0 Å². The molecule has 1 aromatic carbocycles. The van der Waals surface area contributed by atoms with Crippen molar-refractivity contribution in [2.24, 2.45) is 7.05 Å². The van der Waals surface area contributed by atoms with Crippen molar-refractivity contribution >= 4 is 11.6 Å². The molecule has 0 spiro atoms. The van der Waals surface area contributed by atoms with E-state index in [0.29, 0.717) is 17.8 Å². The molecule has 1 fully saturated rings. The van der Waals surface area contributed by atoms with Crippen LogP contribution in [0.1, 0.15) is 48.9 Å². The number of hydrogen-bond donors (Lipinski definition) is 1. The molecule has 23 heavy (non-hydrogen) atoms. The van der Waals surface area contributed by atoms with E-state index < -0.39 is 0 Å². The van der Waals surface area contributed by atoms with E-state index in [4.69, 9.17) is 11.6 Å². The van der Waals surface area contributed by atoms with Gasteiger partial charge in [0.2, 0.25) is 0 Å². The topological polar surface area (TPSA) is 54.2 Å². The Morgan fingerprint density at radius 2 is 2.04 bits per heavy atom. The summed E-state index contributed by atoms with van der Waals surface area (Å²) in [5.41, 5.74) is 1.28. The van der Waals surface area contributed by atoms with Gasteiger partial charge in [-0.05, 0) is 44.0 Å². The first-order chi connectivity index (χ1) is 11.1. The summed E-state index contributed by atoms with van der Waals surface area (Å²) in [6, 6.07) is 8.45. The molecule has 2 unspecified atom stereocenters. The minimum atomic E-state index is -0.0683. The number of benzene rings is 1. The van der Waals surface area contributed by atoms with Gasteiger partial charge in [0.15, 0.2) is 5.82 Å². The van der Waals surface area contributed by atoms with E-state index in [-0.39, 0.29) is 6.61 Å². The van der Waals surface area contributed by atoms with Crippen molar-refractivity contribution in [2.45, 2.75) is 38.3 Å². The summed E-state index contributed by atoms with van der Waals surface area (Å²) >= 11 is 5.99. The molecule has 0 radical (unpaired) electrons. The molecule has 124 valence electrons. The Hall–Kier alpha value is -1.43. The zero-order chi connectivity index (χ0) is 16.4. The second kappa shape index (κ2) is 6.99. The van der Waals surface area contributed by atoms with Crippen LogP contribution in [0.15, 0.2) is 24.3 Å². The van der Waals surface area contributed by atoms with Gasteiger partial charge in [-0.25, -0.2) is 0 Å². The fraction of sp³-hybridized carbons (Fsp3) is 0.529. The first-order valence-electron chi connectivity index (χ1n) is 8.08. The van der Waals surface area contributed by atoms with Crippen LogP contribution in [-0.2, 0) is 13.7 Å². The Morgan fingerprint density at radius 1 is 1.30 bits per heavy atom. The summed E-state index contributed by atoms with van der Waals surface area (Å²) in [6.45, 7) is 4.22. The van der Waals surface area contributed by atoms with Crippen molar-refractivity contribution < 1.29 is 5.11 Å². The van der Waals surface area contributed by atoms with Crippen LogP contribution in [0.4, 0.5) is 0 Å². The van der Waals surface area contributed by atoms with Gasteiger partial charge in [0.1, 0.15) is 12.4 Å². The maximum atomic E-state index is 9.30. The van der Waals surface area contributed by atoms with Gasteiger partial charge in [-0.3, -0.25) is 4.90 Å². The van der Waals surface area contributed by atoms with E-state index in [1.165, 1.54) is 5.56 Å². The lowest BCUT2D eigenvalue weighted by atomic mass is 9.94. The molecule has 2 aromatic rings. The molecule has 2 atom stereocenters. The van der Waals surface area contributed by atoms with Gasteiger partial charge in [-0.2, -0.15) is 0 Å². The van der Waals surface area contributed by atoms with E-state index in [9.17, 15) is 5.11 Å². The number of piperidine rings is 1. The van der Waals surface area contributed by atoms with Gasteiger partial charge in [0.05, 0.1) is 0 Å². The van der Waals surface area contributed by atoms with Crippen LogP contribution in [-0.4, -0.2) is 37.9 Å². The van der Waals surface area contributed by atoms with Crippen molar-refractivity contribution in [3.63, 3.8) is 0 Å². The minimum Gasteiger partial charge on any atom is -0.388 e. The number of aliphatic hydroxyl groups is 1. The second-order valence-corrected chi connectivity index (χ2v) is 6.69. The summed E-state index contributed by atoms with van der Waals surface area (Å²) in [6.07, 6.45) is 2.26. The number of nitrogens with zero attached hydrogens (tertiary/aromatic N) is 4. The molecule has 1 N–H and O–H groups in total. The summed E-state index contributed by atoms with van der Waals surface area (Å²) in [7, 11) is 1.93. The normalized spacial score (nSPS) is 20.6. The van der Waals surface area contributed by atoms with E-state index in [2.05, 4.69) is 34.2 Å². The van der Waals surface area contributed by atoms with Gasteiger partial charge < -0.3 is 9.67 Å². The van der Waals surface area contributed by atoms with Crippen LogP contribution >= 0.6 is 11.6 Å². The maximum absolute atomic E-state index is 9.30. The first-order valence-corrected chi connectivity index (χ1v) is 8.46. The Labute approximate surface area is 141 Å². The lowest BCUT2D eigenvalue weighted by molar-refractivity contribution is 0.154. The first kappa shape index (κ1) is 16.4. The maximum Gasteiger partial charge on any atom is 0.158 e. The molecule has 3 rings (SSSR count). The Kier molecular flexibility index (Phi) is 4.99. The zero-order valence-corrected chi connectivity index (χ0v) is 14.4. The van der Waals surface area contributed by atoms with Crippen LogP contribution in [0.2, 0.25) is 5.02 Å². The van der Waals surface area contributed by atoms with Gasteiger partial charge >= 0.3 is 0 Å². The Bertz CT molecular complexity index is 655. The largest absolute Gasteiger partial charge is 0.388 e. The van der Waals surface area contributed by atoms with Gasteiger partial charge in [0.25, 0.3) is 0 Å². The van der Waals surface area contributed by atoms with Crippen molar-refractivity contribution in [3.8, 4) is 0 Å². The smallest absolute Gasteiger partial charge is 0.158 e. The van der Waals surface area contributed by atoms with Crippen LogP contribution in [0.25, 0.3) is 0 Å². The second-order valence-electron chi connectivity index (χ2n) is 6.25. The molecule has 6 heteroatoms. The summed E-state index contributed by atoms with van der Waals surface area (Å²) in [5.74, 6) is 1.96. The Balaban J connectivity index is 1.75. The third-order valence-electron chi connectivity index (χ3n) is 4.86. The van der Waals surface area contributed by atoms with E-state index in [1.54, 1.807) is 0 Å². The van der Waals surface area contributed by atoms with E-state index >= 15 is 0 Å². The monoisotopic (exact) mass is 334 g/mol. The quantitative estimate of drug-likeness (QED) is 0.934. The average molecular weight is 335 g/mol. The summed E-state index contributed by atoms with van der Waals surface area (Å²) < 4.78 is 1.93. The van der Waals surface area contributed by atoms with Crippen LogP contribution in [0, 0.1) is 0 Å². The average Bonchev–Trinajstić information content (AvgIpc) is 2.96. The van der Waals surface area contributed by atoms with Crippen LogP contribution < -0.4 is 0 Å². The summed E-state index contributed by atoms with van der Waals surface area (Å²) in [5, 5.41) is 18.4. The SMILES string of the molecule is CC(c1ccc(Cl)cc1)N1CCCC(c2nnc(CO)n2C)C1. The summed E-state index contributed by atoms with van der Waals surface area (Å²) in [4.78, 5) is 2.49. The van der Waals surface area contributed by atoms with Crippen molar-refractivity contribution in [1.82, 2.24) is 19.7 Å². The lowest BCUT2D eigenvalue weighted by Gasteiger charge is -2.36. The number of likely N-dealkylation sites (tertiary alicyclic amines) is 1. The molecule has 1 aliphatic rings. The highest BCUT2D eigenvalue weighted by molar-refractivity contribution is 6.30. The zero-order valence-electron chi connectivity index (χ0n) is 13.6. The number of halogens is 1. The molecule has 2 heterocycles. The van der Waals surface area contributed by atoms with Crippen LogP contribution in [0.3, 0.4) is 0 Å². The lowest BCUT2D eigenvalue weighted by Crippen LogP contribution is -2.37. The highest BCUT2D eigenvalue weighted by Gasteiger charge is 2.28. The van der Waals surface area contributed by atoms with Gasteiger partial charge in [-0.15, -0.1) is 10.2 Å². The Morgan fingerprint density at radius 3 is 2.70 bits per heavy atom. The van der Waals surface area contributed by atoms with E-state index in [1.807, 2.05) is 23.7 Å². The number of aromatic nitrogens is 3. The number of hydrogen-bond acceptors (Lipinski definition) is 4. The molecule has 0 bridgehead atoms. The van der Waals surface area contributed by atoms with Gasteiger partial charge in [-0.1, -0.05) is 23.7 Å². The molecule has 0 amide bonds. The fourth-order valence-corrected chi connectivity index (χ4v) is 3.52. The third kappa shape index (κ3) is 3.42. The minimum absolute atomic E-state index is 0.0683. The molecule has 1 saturated heterocycles. The molecule has 0 aliphatic carbocycles. The molecule has 1 aliphatic heterocycles. The predicted molar refractivity (Wildman–Crippen MR) is 90.3 cm³/mol. The van der Waals surface area contributed by atoms with Crippen LogP contribution in [0.5, 0.6) is 0 Å². The van der Waals surface area contributed by atoms with Crippen molar-refractivity contribution in [2.75, 3.05) is 13.1 Å². The van der Waals surface area contributed by atoms with Crippen molar-refractivity contribution in [3.05, 3.63) is 46.5 Å². The molecule has 1 aromatic heterocycles. The predicted octanol–water partition coefficient (Wildman–Crippen LogP) is 2.90. The third-order valence-corrected chi connectivity index (χ3v) is 5.11. The van der Waals surface area contributed by atoms with Gasteiger partial charge in [0, 0.05) is 30.6 Å².